The summed E-state index contributed by atoms with van der Waals surface area (Å²) in [5.74, 6) is -1.91. The van der Waals surface area contributed by atoms with Crippen LogP contribution in [0.25, 0.3) is 0 Å². The molecule has 1 saturated heterocycles. The second kappa shape index (κ2) is 6.98. The highest BCUT2D eigenvalue weighted by molar-refractivity contribution is 14.1. The van der Waals surface area contributed by atoms with Crippen molar-refractivity contribution in [1.29, 1.82) is 0 Å². The van der Waals surface area contributed by atoms with Gasteiger partial charge in [0.2, 0.25) is 5.91 Å². The van der Waals surface area contributed by atoms with Gasteiger partial charge in [-0.3, -0.25) is 9.59 Å². The topological polar surface area (TPSA) is 91.1 Å². The maximum Gasteiger partial charge on any atom is 0.305 e. The van der Waals surface area contributed by atoms with E-state index >= 15 is 0 Å². The van der Waals surface area contributed by atoms with E-state index in [2.05, 4.69) is 15.5 Å². The number of carboxylic acid groups (broad SMARTS) is 1. The van der Waals surface area contributed by atoms with Gasteiger partial charge in [-0.05, 0) is 40.8 Å². The summed E-state index contributed by atoms with van der Waals surface area (Å²) in [7, 11) is 0. The zero-order valence-corrected chi connectivity index (χ0v) is 13.4. The van der Waals surface area contributed by atoms with Crippen LogP contribution in [0.2, 0.25) is 0 Å². The Hall–Kier alpha value is -1.49. The van der Waals surface area contributed by atoms with E-state index in [4.69, 9.17) is 5.11 Å². The molecular formula is C12H9FIN3O3S. The molecule has 1 unspecified atom stereocenters. The molecule has 1 aromatic rings. The van der Waals surface area contributed by atoms with Crippen molar-refractivity contribution in [2.24, 2.45) is 10.2 Å². The van der Waals surface area contributed by atoms with Crippen molar-refractivity contribution in [3.63, 3.8) is 0 Å². The molecule has 1 amide bonds. The lowest BCUT2D eigenvalue weighted by Gasteiger charge is -1.98. The van der Waals surface area contributed by atoms with Gasteiger partial charge in [0.1, 0.15) is 11.1 Å². The smallest absolute Gasteiger partial charge is 0.305 e. The summed E-state index contributed by atoms with van der Waals surface area (Å²) in [6, 6.07) is 4.56. The number of carboxylic acids is 1. The number of rotatable bonds is 4. The van der Waals surface area contributed by atoms with E-state index in [9.17, 15) is 14.0 Å². The Morgan fingerprint density at radius 3 is 3.05 bits per heavy atom. The monoisotopic (exact) mass is 421 g/mol. The zero-order chi connectivity index (χ0) is 15.4. The maximum absolute atomic E-state index is 13.5. The first-order chi connectivity index (χ1) is 9.95. The molecule has 6 nitrogen and oxygen atoms in total. The van der Waals surface area contributed by atoms with Gasteiger partial charge in [-0.15, -0.1) is 5.10 Å². The number of carbonyl (C=O) groups is 2. The molecule has 0 bridgehead atoms. The summed E-state index contributed by atoms with van der Waals surface area (Å²) >= 11 is 3.04. The normalized spacial score (nSPS) is 20.2. The van der Waals surface area contributed by atoms with Gasteiger partial charge in [-0.2, -0.15) is 5.10 Å². The van der Waals surface area contributed by atoms with Gasteiger partial charge in [0.15, 0.2) is 5.17 Å². The molecule has 0 aromatic heterocycles. The van der Waals surface area contributed by atoms with Crippen LogP contribution in [0.4, 0.5) is 4.39 Å². The largest absolute Gasteiger partial charge is 0.481 e. The first-order valence-electron chi connectivity index (χ1n) is 5.71. The fourth-order valence-corrected chi connectivity index (χ4v) is 2.93. The number of halogens is 2. The van der Waals surface area contributed by atoms with E-state index in [-0.39, 0.29) is 17.2 Å². The van der Waals surface area contributed by atoms with Crippen molar-refractivity contribution in [3.05, 3.63) is 33.1 Å². The molecule has 1 atom stereocenters. The summed E-state index contributed by atoms with van der Waals surface area (Å²) in [5.41, 5.74) is 0.280. The lowest BCUT2D eigenvalue weighted by atomic mass is 10.2. The third-order valence-electron chi connectivity index (χ3n) is 2.44. The molecule has 9 heteroatoms. The minimum absolute atomic E-state index is 0.202. The first kappa shape index (κ1) is 15.9. The summed E-state index contributed by atoms with van der Waals surface area (Å²) in [6.07, 6.45) is 0.951. The highest BCUT2D eigenvalue weighted by Gasteiger charge is 2.32. The van der Waals surface area contributed by atoms with E-state index in [0.717, 1.165) is 15.3 Å². The Morgan fingerprint density at radius 2 is 2.33 bits per heavy atom. The third kappa shape index (κ3) is 4.49. The van der Waals surface area contributed by atoms with Gasteiger partial charge in [0, 0.05) is 9.13 Å². The van der Waals surface area contributed by atoms with E-state index in [1.54, 1.807) is 12.1 Å². The number of hydrogen-bond acceptors (Lipinski definition) is 5. The third-order valence-corrected chi connectivity index (χ3v) is 4.18. The Bertz CT molecular complexity index is 651. The van der Waals surface area contributed by atoms with Gasteiger partial charge < -0.3 is 10.4 Å². The molecule has 1 fully saturated rings. The fourth-order valence-electron chi connectivity index (χ4n) is 1.50. The molecule has 2 rings (SSSR count). The Morgan fingerprint density at radius 1 is 1.57 bits per heavy atom. The average Bonchev–Trinajstić information content (AvgIpc) is 2.73. The molecule has 2 N–H and O–H groups in total. The zero-order valence-electron chi connectivity index (χ0n) is 10.4. The van der Waals surface area contributed by atoms with Gasteiger partial charge in [0.25, 0.3) is 0 Å². The van der Waals surface area contributed by atoms with Crippen LogP contribution < -0.4 is 5.32 Å². The highest BCUT2D eigenvalue weighted by atomic mass is 127. The minimum Gasteiger partial charge on any atom is -0.481 e. The molecule has 1 aliphatic rings. The van der Waals surface area contributed by atoms with Gasteiger partial charge in [-0.1, -0.05) is 11.8 Å². The maximum atomic E-state index is 13.5. The summed E-state index contributed by atoms with van der Waals surface area (Å²) < 4.78 is 14.3. The molecule has 0 spiro atoms. The van der Waals surface area contributed by atoms with Crippen LogP contribution in [0, 0.1) is 9.39 Å². The number of aliphatic carboxylic acids is 1. The lowest BCUT2D eigenvalue weighted by Crippen LogP contribution is -2.26. The van der Waals surface area contributed by atoms with Crippen LogP contribution in [0.3, 0.4) is 0 Å². The number of benzene rings is 1. The van der Waals surface area contributed by atoms with Crippen LogP contribution in [-0.4, -0.2) is 33.6 Å². The molecule has 21 heavy (non-hydrogen) atoms. The predicted molar refractivity (Wildman–Crippen MR) is 85.9 cm³/mol. The number of carbonyl (C=O) groups excluding carboxylic acids is 1. The Balaban J connectivity index is 2.05. The Kier molecular flexibility index (Phi) is 5.28. The molecule has 1 aromatic carbocycles. The van der Waals surface area contributed by atoms with Crippen molar-refractivity contribution < 1.29 is 19.1 Å². The number of thioether (sulfide) groups is 1. The second-order valence-electron chi connectivity index (χ2n) is 4.01. The van der Waals surface area contributed by atoms with Crippen LogP contribution in [0.1, 0.15) is 12.0 Å². The number of hydrogen-bond donors (Lipinski definition) is 2. The van der Waals surface area contributed by atoms with Crippen LogP contribution in [0.15, 0.2) is 28.4 Å². The molecule has 0 aliphatic carbocycles. The van der Waals surface area contributed by atoms with Crippen molar-refractivity contribution in [3.8, 4) is 0 Å². The van der Waals surface area contributed by atoms with E-state index in [0.29, 0.717) is 0 Å². The summed E-state index contributed by atoms with van der Waals surface area (Å²) in [6.45, 7) is 0. The van der Waals surface area contributed by atoms with E-state index in [1.807, 2.05) is 22.6 Å². The minimum atomic E-state index is -1.06. The predicted octanol–water partition coefficient (Wildman–Crippen LogP) is 1.83. The fraction of sp³-hybridized carbons (Fsp3) is 0.167. The first-order valence-corrected chi connectivity index (χ1v) is 7.67. The van der Waals surface area contributed by atoms with Gasteiger partial charge in [0.05, 0.1) is 12.6 Å². The highest BCUT2D eigenvalue weighted by Crippen LogP contribution is 2.22. The lowest BCUT2D eigenvalue weighted by molar-refractivity contribution is -0.138. The number of nitrogens with zero attached hydrogens (tertiary/aromatic N) is 2. The summed E-state index contributed by atoms with van der Waals surface area (Å²) in [4.78, 5) is 22.0. The van der Waals surface area contributed by atoms with E-state index in [1.165, 1.54) is 12.3 Å². The van der Waals surface area contributed by atoms with Crippen LogP contribution in [-0.2, 0) is 9.59 Å². The van der Waals surface area contributed by atoms with Crippen molar-refractivity contribution in [2.45, 2.75) is 11.7 Å². The quantitative estimate of drug-likeness (QED) is 0.441. The van der Waals surface area contributed by atoms with Crippen molar-refractivity contribution in [2.75, 3.05) is 0 Å². The van der Waals surface area contributed by atoms with Crippen molar-refractivity contribution in [1.82, 2.24) is 5.32 Å². The number of nitrogens with one attached hydrogen (secondary N) is 1. The molecule has 1 heterocycles. The standard InChI is InChI=1S/C12H9FIN3O3S/c13-8-2-1-7(14)3-6(8)5-15-17-12-16-11(20)9(21-12)4-10(18)19/h1-3,5,9H,4H2,(H,18,19)(H,16,17,20). The average molecular weight is 421 g/mol. The molecule has 110 valence electrons. The van der Waals surface area contributed by atoms with Gasteiger partial charge in [-0.25, -0.2) is 4.39 Å². The molecule has 0 saturated carbocycles. The number of amides is 1. The van der Waals surface area contributed by atoms with Gasteiger partial charge >= 0.3 is 5.97 Å². The van der Waals surface area contributed by atoms with Crippen LogP contribution >= 0.6 is 34.4 Å². The van der Waals surface area contributed by atoms with E-state index < -0.39 is 22.9 Å². The Labute approximate surface area is 137 Å². The molecular weight excluding hydrogens is 412 g/mol. The number of amidine groups is 1. The van der Waals surface area contributed by atoms with Crippen molar-refractivity contribution >= 4 is 57.6 Å². The molecule has 1 aliphatic heterocycles. The molecule has 0 radical (unpaired) electrons. The summed E-state index contributed by atoms with van der Waals surface area (Å²) in [5, 5.41) is 18.0. The van der Waals surface area contributed by atoms with Crippen LogP contribution in [0.5, 0.6) is 0 Å². The SMILES string of the molecule is O=C(O)CC1SC(=NN=Cc2cc(I)ccc2F)NC1=O. The second-order valence-corrected chi connectivity index (χ2v) is 6.45.